The molecule has 3 rings (SSSR count). The van der Waals surface area contributed by atoms with E-state index in [-0.39, 0.29) is 4.90 Å². The topological polar surface area (TPSA) is 70.2 Å². The third kappa shape index (κ3) is 5.50. The van der Waals surface area contributed by atoms with Crippen molar-refractivity contribution in [2.45, 2.75) is 25.7 Å². The molecule has 0 unspecified atom stereocenters. The molecule has 30 heavy (non-hydrogen) atoms. The Balaban J connectivity index is 1.77. The van der Waals surface area contributed by atoms with Gasteiger partial charge in [0, 0.05) is 22.1 Å². The average molecular weight is 460 g/mol. The van der Waals surface area contributed by atoms with Crippen molar-refractivity contribution in [1.82, 2.24) is 0 Å². The first-order valence-corrected chi connectivity index (χ1v) is 11.5. The average Bonchev–Trinajstić information content (AvgIpc) is 2.68. The minimum Gasteiger partial charge on any atom is -0.332 e. The Bertz CT molecular complexity index is 1190. The van der Waals surface area contributed by atoms with Crippen LogP contribution in [-0.2, 0) is 10.0 Å². The molecule has 3 aromatic rings. The van der Waals surface area contributed by atoms with Crippen LogP contribution < -0.4 is 15.4 Å². The summed E-state index contributed by atoms with van der Waals surface area (Å²) in [7, 11) is -3.77. The Hall–Kier alpha value is -2.61. The Morgan fingerprint density at radius 3 is 2.10 bits per heavy atom. The lowest BCUT2D eigenvalue weighted by molar-refractivity contribution is 0.601. The zero-order valence-corrected chi connectivity index (χ0v) is 19.2. The maximum Gasteiger partial charge on any atom is 0.261 e. The summed E-state index contributed by atoms with van der Waals surface area (Å²) in [6, 6.07) is 17.3. The predicted molar refractivity (Wildman–Crippen MR) is 129 cm³/mol. The molecule has 0 aliphatic rings. The first-order valence-electron chi connectivity index (χ1n) is 9.18. The van der Waals surface area contributed by atoms with Crippen LogP contribution in [-0.4, -0.2) is 13.5 Å². The summed E-state index contributed by atoms with van der Waals surface area (Å²) in [5.74, 6) is 0. The van der Waals surface area contributed by atoms with Gasteiger partial charge < -0.3 is 10.6 Å². The Morgan fingerprint density at radius 1 is 0.800 bits per heavy atom. The van der Waals surface area contributed by atoms with Crippen molar-refractivity contribution in [1.29, 1.82) is 0 Å². The number of nitrogens with one attached hydrogen (secondary N) is 3. The standard InChI is InChI=1S/C22H22ClN3O2S2/c1-14-4-8-19(12-16(14)3)24-22(29)25-21-13-20(11-5-15(21)2)30(27,28)26-18-9-6-17(23)7-10-18/h4-13,26H,1-3H3,(H2,24,25,29). The van der Waals surface area contributed by atoms with Crippen molar-refractivity contribution >= 4 is 56.0 Å². The van der Waals surface area contributed by atoms with E-state index in [2.05, 4.69) is 15.4 Å². The van der Waals surface area contributed by atoms with E-state index in [1.807, 2.05) is 39.0 Å². The molecule has 0 fully saturated rings. The quantitative estimate of drug-likeness (QED) is 0.416. The number of sulfonamides is 1. The molecule has 0 aliphatic carbocycles. The van der Waals surface area contributed by atoms with Crippen LogP contribution in [0.25, 0.3) is 0 Å². The number of anilines is 3. The van der Waals surface area contributed by atoms with Gasteiger partial charge in [-0.25, -0.2) is 8.42 Å². The van der Waals surface area contributed by atoms with Crippen LogP contribution in [0.4, 0.5) is 17.1 Å². The van der Waals surface area contributed by atoms with Gasteiger partial charge >= 0.3 is 0 Å². The Morgan fingerprint density at radius 2 is 1.43 bits per heavy atom. The first kappa shape index (κ1) is 22.1. The summed E-state index contributed by atoms with van der Waals surface area (Å²) < 4.78 is 28.1. The maximum absolute atomic E-state index is 12.8. The molecule has 8 heteroatoms. The highest BCUT2D eigenvalue weighted by Gasteiger charge is 2.16. The van der Waals surface area contributed by atoms with E-state index >= 15 is 0 Å². The minimum atomic E-state index is -3.77. The third-order valence-electron chi connectivity index (χ3n) is 4.63. The van der Waals surface area contributed by atoms with Crippen molar-refractivity contribution in [3.05, 3.63) is 82.4 Å². The van der Waals surface area contributed by atoms with Gasteiger partial charge in [-0.15, -0.1) is 0 Å². The van der Waals surface area contributed by atoms with Gasteiger partial charge in [-0.05, 0) is 98.2 Å². The highest BCUT2D eigenvalue weighted by atomic mass is 35.5. The van der Waals surface area contributed by atoms with Gasteiger partial charge in [-0.3, -0.25) is 4.72 Å². The molecule has 5 nitrogen and oxygen atoms in total. The lowest BCUT2D eigenvalue weighted by Crippen LogP contribution is -2.20. The van der Waals surface area contributed by atoms with Crippen LogP contribution in [0.1, 0.15) is 16.7 Å². The summed E-state index contributed by atoms with van der Waals surface area (Å²) >= 11 is 11.3. The number of benzene rings is 3. The molecule has 0 heterocycles. The van der Waals surface area contributed by atoms with Crippen molar-refractivity contribution in [3.63, 3.8) is 0 Å². The second-order valence-corrected chi connectivity index (χ2v) is 9.49. The van der Waals surface area contributed by atoms with Gasteiger partial charge in [0.1, 0.15) is 0 Å². The number of rotatable bonds is 5. The summed E-state index contributed by atoms with van der Waals surface area (Å²) in [4.78, 5) is 0.125. The second-order valence-electron chi connectivity index (χ2n) is 6.97. The number of thiocarbonyl (C=S) groups is 1. The second kappa shape index (κ2) is 9.04. The lowest BCUT2D eigenvalue weighted by Gasteiger charge is -2.15. The van der Waals surface area contributed by atoms with Crippen molar-refractivity contribution in [2.75, 3.05) is 15.4 Å². The van der Waals surface area contributed by atoms with E-state index in [0.29, 0.717) is 21.5 Å². The highest BCUT2D eigenvalue weighted by molar-refractivity contribution is 7.92. The largest absolute Gasteiger partial charge is 0.332 e. The van der Waals surface area contributed by atoms with Crippen LogP contribution in [0.15, 0.2) is 65.6 Å². The minimum absolute atomic E-state index is 0.125. The fourth-order valence-corrected chi connectivity index (χ4v) is 4.18. The molecular weight excluding hydrogens is 438 g/mol. The van der Waals surface area contributed by atoms with Gasteiger partial charge in [0.25, 0.3) is 10.0 Å². The van der Waals surface area contributed by atoms with Crippen molar-refractivity contribution in [3.8, 4) is 0 Å². The number of halogens is 1. The molecule has 0 spiro atoms. The van der Waals surface area contributed by atoms with E-state index in [0.717, 1.165) is 16.8 Å². The van der Waals surface area contributed by atoms with E-state index < -0.39 is 10.0 Å². The summed E-state index contributed by atoms with van der Waals surface area (Å²) in [6.07, 6.45) is 0. The zero-order chi connectivity index (χ0) is 21.9. The molecule has 0 aromatic heterocycles. The van der Waals surface area contributed by atoms with E-state index in [1.165, 1.54) is 5.56 Å². The molecule has 0 radical (unpaired) electrons. The highest BCUT2D eigenvalue weighted by Crippen LogP contribution is 2.24. The van der Waals surface area contributed by atoms with Gasteiger partial charge in [0.15, 0.2) is 5.11 Å². The molecule has 0 saturated carbocycles. The molecule has 3 aromatic carbocycles. The number of hydrogen-bond donors (Lipinski definition) is 3. The fraction of sp³-hybridized carbons (Fsp3) is 0.136. The summed E-state index contributed by atoms with van der Waals surface area (Å²) in [6.45, 7) is 5.95. The summed E-state index contributed by atoms with van der Waals surface area (Å²) in [5.41, 5.74) is 5.12. The van der Waals surface area contributed by atoms with Crippen molar-refractivity contribution < 1.29 is 8.42 Å². The predicted octanol–water partition coefficient (Wildman–Crippen LogP) is 5.87. The Labute approximate surface area is 187 Å². The molecule has 0 aliphatic heterocycles. The fourth-order valence-electron chi connectivity index (χ4n) is 2.74. The van der Waals surface area contributed by atoms with Crippen LogP contribution in [0.3, 0.4) is 0 Å². The lowest BCUT2D eigenvalue weighted by atomic mass is 10.1. The molecule has 0 bridgehead atoms. The first-order chi connectivity index (χ1) is 14.1. The van der Waals surface area contributed by atoms with Gasteiger partial charge in [-0.2, -0.15) is 0 Å². The van der Waals surface area contributed by atoms with Gasteiger partial charge in [0.05, 0.1) is 4.90 Å². The number of aryl methyl sites for hydroxylation is 3. The third-order valence-corrected chi connectivity index (χ3v) is 6.46. The van der Waals surface area contributed by atoms with Gasteiger partial charge in [0.2, 0.25) is 0 Å². The molecule has 0 atom stereocenters. The van der Waals surface area contributed by atoms with E-state index in [1.54, 1.807) is 42.5 Å². The molecular formula is C22H22ClN3O2S2. The van der Waals surface area contributed by atoms with Crippen LogP contribution >= 0.6 is 23.8 Å². The number of hydrogen-bond acceptors (Lipinski definition) is 3. The molecule has 0 saturated heterocycles. The maximum atomic E-state index is 12.8. The van der Waals surface area contributed by atoms with E-state index in [4.69, 9.17) is 23.8 Å². The van der Waals surface area contributed by atoms with Crippen molar-refractivity contribution in [2.24, 2.45) is 0 Å². The van der Waals surface area contributed by atoms with Crippen LogP contribution in [0.2, 0.25) is 5.02 Å². The monoisotopic (exact) mass is 459 g/mol. The van der Waals surface area contributed by atoms with Crippen LogP contribution in [0.5, 0.6) is 0 Å². The smallest absolute Gasteiger partial charge is 0.261 e. The molecule has 156 valence electrons. The molecule has 3 N–H and O–H groups in total. The Kier molecular flexibility index (Phi) is 6.65. The van der Waals surface area contributed by atoms with Gasteiger partial charge in [-0.1, -0.05) is 23.7 Å². The summed E-state index contributed by atoms with van der Waals surface area (Å²) in [5, 5.41) is 7.13. The zero-order valence-electron chi connectivity index (χ0n) is 16.8. The van der Waals surface area contributed by atoms with E-state index in [9.17, 15) is 8.42 Å². The SMILES string of the molecule is Cc1ccc(NC(=S)Nc2cc(S(=O)(=O)Nc3ccc(Cl)cc3)ccc2C)cc1C. The van der Waals surface area contributed by atoms with Crippen LogP contribution in [0, 0.1) is 20.8 Å². The molecule has 0 amide bonds. The normalized spacial score (nSPS) is 11.1.